The van der Waals surface area contributed by atoms with Gasteiger partial charge in [0, 0.05) is 23.2 Å². The van der Waals surface area contributed by atoms with Crippen LogP contribution in [0.5, 0.6) is 5.75 Å². The van der Waals surface area contributed by atoms with Gasteiger partial charge in [-0.25, -0.2) is 4.98 Å². The minimum atomic E-state index is -0.389. The maximum atomic E-state index is 12.9. The molecule has 1 fully saturated rings. The Labute approximate surface area is 185 Å². The van der Waals surface area contributed by atoms with Crippen LogP contribution in [-0.2, 0) is 0 Å². The van der Waals surface area contributed by atoms with Gasteiger partial charge in [-0.15, -0.1) is 0 Å². The van der Waals surface area contributed by atoms with E-state index in [9.17, 15) is 4.79 Å². The van der Waals surface area contributed by atoms with Gasteiger partial charge in [0.25, 0.3) is 5.91 Å². The van der Waals surface area contributed by atoms with Gasteiger partial charge in [-0.3, -0.25) is 9.48 Å². The third-order valence-electron chi connectivity index (χ3n) is 5.77. The molecule has 0 bridgehead atoms. The van der Waals surface area contributed by atoms with E-state index in [1.165, 1.54) is 6.20 Å². The van der Waals surface area contributed by atoms with Gasteiger partial charge >= 0.3 is 0 Å². The fraction of sp³-hybridized carbons (Fsp3) is 0.292. The Morgan fingerprint density at radius 3 is 2.88 bits per heavy atom. The zero-order valence-electron chi connectivity index (χ0n) is 18.1. The molecule has 0 radical (unpaired) electrons. The lowest BCUT2D eigenvalue weighted by Crippen LogP contribution is -2.29. The Morgan fingerprint density at radius 2 is 2.09 bits per heavy atom. The van der Waals surface area contributed by atoms with E-state index < -0.39 is 0 Å². The zero-order chi connectivity index (χ0) is 22.1. The van der Waals surface area contributed by atoms with E-state index in [2.05, 4.69) is 15.6 Å². The molecule has 3 heterocycles. The highest BCUT2D eigenvalue weighted by atomic mass is 16.5. The van der Waals surface area contributed by atoms with Crippen molar-refractivity contribution in [1.82, 2.24) is 20.1 Å². The number of aryl methyl sites for hydroxylation is 1. The topological polar surface area (TPSA) is 94.2 Å². The highest BCUT2D eigenvalue weighted by Gasteiger charge is 2.19. The van der Waals surface area contributed by atoms with Gasteiger partial charge in [0.15, 0.2) is 0 Å². The van der Waals surface area contributed by atoms with Crippen molar-refractivity contribution in [1.29, 1.82) is 0 Å². The van der Waals surface area contributed by atoms with E-state index in [4.69, 9.17) is 14.3 Å². The molecule has 0 spiro atoms. The number of nitrogens with zero attached hydrogens (tertiary/aromatic N) is 3. The third-order valence-corrected chi connectivity index (χ3v) is 5.77. The molecule has 0 unspecified atom stereocenters. The minimum Gasteiger partial charge on any atom is -0.494 e. The number of carbonyl (C=O) groups is 1. The van der Waals surface area contributed by atoms with Crippen LogP contribution in [0.1, 0.15) is 35.0 Å². The van der Waals surface area contributed by atoms with E-state index in [1.54, 1.807) is 7.11 Å². The van der Waals surface area contributed by atoms with Crippen molar-refractivity contribution in [2.24, 2.45) is 0 Å². The Bertz CT molecular complexity index is 1270. The molecule has 2 aromatic carbocycles. The maximum Gasteiger partial charge on any atom is 0.293 e. The summed E-state index contributed by atoms with van der Waals surface area (Å²) < 4.78 is 13.3. The molecule has 1 amide bonds. The predicted octanol–water partition coefficient (Wildman–Crippen LogP) is 4.19. The summed E-state index contributed by atoms with van der Waals surface area (Å²) >= 11 is 0. The second-order valence-corrected chi connectivity index (χ2v) is 8.05. The largest absolute Gasteiger partial charge is 0.494 e. The lowest BCUT2D eigenvalue weighted by atomic mass is 10.1. The standard InChI is InChI=1S/C24H25N5O3/c1-15-4-3-5-16(10-15)24-26-13-22(32-24)23(30)27-20-11-17-14-29(18-6-8-25-9-7-18)28-19(17)12-21(20)31-2/h3-5,10-14,18,25H,6-9H2,1-2H3,(H,27,30). The van der Waals surface area contributed by atoms with Gasteiger partial charge in [-0.05, 0) is 51.1 Å². The number of rotatable bonds is 5. The van der Waals surface area contributed by atoms with Crippen LogP contribution in [0.15, 0.2) is 53.2 Å². The number of piperidine rings is 1. The SMILES string of the molecule is COc1cc2nn(C3CCNCC3)cc2cc1NC(=O)c1cnc(-c2cccc(C)c2)o1. The Kier molecular flexibility index (Phi) is 5.36. The summed E-state index contributed by atoms with van der Waals surface area (Å²) in [5, 5.41) is 11.9. The molecule has 0 aliphatic carbocycles. The highest BCUT2D eigenvalue weighted by molar-refractivity contribution is 6.04. The van der Waals surface area contributed by atoms with Crippen molar-refractivity contribution in [2.75, 3.05) is 25.5 Å². The smallest absolute Gasteiger partial charge is 0.293 e. The van der Waals surface area contributed by atoms with E-state index >= 15 is 0 Å². The Balaban J connectivity index is 1.39. The number of aromatic nitrogens is 3. The lowest BCUT2D eigenvalue weighted by Gasteiger charge is -2.22. The molecule has 8 nitrogen and oxygen atoms in total. The number of hydrogen-bond donors (Lipinski definition) is 2. The van der Waals surface area contributed by atoms with Gasteiger partial charge in [-0.2, -0.15) is 5.10 Å². The van der Waals surface area contributed by atoms with Crippen molar-refractivity contribution < 1.29 is 13.9 Å². The number of ether oxygens (including phenoxy) is 1. The van der Waals surface area contributed by atoms with E-state index in [-0.39, 0.29) is 11.7 Å². The molecule has 8 heteroatoms. The molecular formula is C24H25N5O3. The quantitative estimate of drug-likeness (QED) is 0.492. The van der Waals surface area contributed by atoms with Crippen molar-refractivity contribution in [3.63, 3.8) is 0 Å². The van der Waals surface area contributed by atoms with Crippen LogP contribution in [0.3, 0.4) is 0 Å². The highest BCUT2D eigenvalue weighted by Crippen LogP contribution is 2.32. The summed E-state index contributed by atoms with van der Waals surface area (Å²) in [6.45, 7) is 3.98. The molecule has 1 aliphatic rings. The minimum absolute atomic E-state index is 0.133. The summed E-state index contributed by atoms with van der Waals surface area (Å²) in [7, 11) is 1.57. The first-order chi connectivity index (χ1) is 15.6. The predicted molar refractivity (Wildman–Crippen MR) is 122 cm³/mol. The maximum absolute atomic E-state index is 12.9. The number of fused-ring (bicyclic) bond motifs is 1. The number of amides is 1. The lowest BCUT2D eigenvalue weighted by molar-refractivity contribution is 0.0997. The van der Waals surface area contributed by atoms with Crippen LogP contribution in [0, 0.1) is 6.92 Å². The Hall–Kier alpha value is -3.65. The van der Waals surface area contributed by atoms with Crippen molar-refractivity contribution in [2.45, 2.75) is 25.8 Å². The summed E-state index contributed by atoms with van der Waals surface area (Å²) in [6.07, 6.45) is 5.56. The van der Waals surface area contributed by atoms with E-state index in [1.807, 2.05) is 54.2 Å². The molecule has 4 aromatic rings. The van der Waals surface area contributed by atoms with E-state index in [0.29, 0.717) is 23.4 Å². The third kappa shape index (κ3) is 3.97. The zero-order valence-corrected chi connectivity index (χ0v) is 18.1. The van der Waals surface area contributed by atoms with Gasteiger partial charge in [-0.1, -0.05) is 17.7 Å². The number of hydrogen-bond acceptors (Lipinski definition) is 6. The molecule has 2 N–H and O–H groups in total. The first kappa shape index (κ1) is 20.3. The van der Waals surface area contributed by atoms with Gasteiger partial charge in [0.05, 0.1) is 30.6 Å². The van der Waals surface area contributed by atoms with Gasteiger partial charge < -0.3 is 19.8 Å². The average Bonchev–Trinajstić information content (AvgIpc) is 3.46. The molecule has 0 saturated carbocycles. The summed E-state index contributed by atoms with van der Waals surface area (Å²) in [6, 6.07) is 11.9. The molecule has 32 heavy (non-hydrogen) atoms. The van der Waals surface area contributed by atoms with Crippen LogP contribution < -0.4 is 15.4 Å². The second-order valence-electron chi connectivity index (χ2n) is 8.05. The fourth-order valence-electron chi connectivity index (χ4n) is 4.07. The number of nitrogens with one attached hydrogen (secondary N) is 2. The normalized spacial score (nSPS) is 14.6. The first-order valence-corrected chi connectivity index (χ1v) is 10.7. The van der Waals surface area contributed by atoms with Gasteiger partial charge in [0.1, 0.15) is 5.75 Å². The molecule has 2 aromatic heterocycles. The summed E-state index contributed by atoms with van der Waals surface area (Å²) in [4.78, 5) is 17.1. The molecule has 5 rings (SSSR count). The first-order valence-electron chi connectivity index (χ1n) is 10.7. The monoisotopic (exact) mass is 431 g/mol. The van der Waals surface area contributed by atoms with Crippen LogP contribution in [0.2, 0.25) is 0 Å². The number of oxazole rings is 1. The fourth-order valence-corrected chi connectivity index (χ4v) is 4.07. The summed E-state index contributed by atoms with van der Waals surface area (Å²) in [5.41, 5.74) is 3.31. The number of carbonyl (C=O) groups excluding carboxylic acids is 1. The van der Waals surface area contributed by atoms with E-state index in [0.717, 1.165) is 48.0 Å². The van der Waals surface area contributed by atoms with Gasteiger partial charge in [0.2, 0.25) is 11.7 Å². The van der Waals surface area contributed by atoms with Crippen molar-refractivity contribution in [3.8, 4) is 17.2 Å². The molecule has 0 atom stereocenters. The number of anilines is 1. The number of benzene rings is 2. The average molecular weight is 431 g/mol. The van der Waals surface area contributed by atoms with Crippen molar-refractivity contribution in [3.05, 3.63) is 60.1 Å². The number of methoxy groups -OCH3 is 1. The molecule has 1 aliphatic heterocycles. The second kappa shape index (κ2) is 8.47. The van der Waals surface area contributed by atoms with Crippen LogP contribution >= 0.6 is 0 Å². The molecule has 164 valence electrons. The van der Waals surface area contributed by atoms with Crippen LogP contribution in [0.4, 0.5) is 5.69 Å². The summed E-state index contributed by atoms with van der Waals surface area (Å²) in [5.74, 6) is 0.693. The molecular weight excluding hydrogens is 406 g/mol. The van der Waals surface area contributed by atoms with Crippen LogP contribution in [0.25, 0.3) is 22.4 Å². The molecule has 1 saturated heterocycles. The van der Waals surface area contributed by atoms with Crippen LogP contribution in [-0.4, -0.2) is 40.9 Å². The Morgan fingerprint density at radius 1 is 1.25 bits per heavy atom. The van der Waals surface area contributed by atoms with Crippen molar-refractivity contribution >= 4 is 22.5 Å².